The molecule has 174 valence electrons. The highest BCUT2D eigenvalue weighted by Crippen LogP contribution is 2.29. The van der Waals surface area contributed by atoms with Gasteiger partial charge in [0.2, 0.25) is 5.91 Å². The van der Waals surface area contributed by atoms with Gasteiger partial charge in [-0.25, -0.2) is 18.3 Å². The van der Waals surface area contributed by atoms with Crippen molar-refractivity contribution in [1.29, 1.82) is 0 Å². The van der Waals surface area contributed by atoms with E-state index in [9.17, 15) is 13.6 Å². The maximum absolute atomic E-state index is 13.3. The van der Waals surface area contributed by atoms with Gasteiger partial charge in [-0.15, -0.1) is 0 Å². The third kappa shape index (κ3) is 4.48. The molecule has 2 aromatic heterocycles. The van der Waals surface area contributed by atoms with Gasteiger partial charge in [0.05, 0.1) is 11.7 Å². The normalized spacial score (nSPS) is 15.4. The van der Waals surface area contributed by atoms with Gasteiger partial charge in [-0.05, 0) is 67.8 Å². The van der Waals surface area contributed by atoms with E-state index in [1.165, 1.54) is 24.3 Å². The van der Waals surface area contributed by atoms with Crippen LogP contribution in [0.25, 0.3) is 16.8 Å². The van der Waals surface area contributed by atoms with Crippen molar-refractivity contribution in [3.8, 4) is 11.3 Å². The number of piperidine rings is 1. The smallest absolute Gasteiger partial charge is 0.223 e. The van der Waals surface area contributed by atoms with Gasteiger partial charge in [0.1, 0.15) is 17.2 Å². The molecule has 0 aliphatic carbocycles. The molecule has 1 unspecified atom stereocenters. The number of hydrogen-bond donors (Lipinski definition) is 1. The van der Waals surface area contributed by atoms with Crippen LogP contribution in [0.15, 0.2) is 67.0 Å². The van der Waals surface area contributed by atoms with E-state index in [0.717, 1.165) is 28.2 Å². The lowest BCUT2D eigenvalue weighted by molar-refractivity contribution is -0.126. The fourth-order valence-corrected chi connectivity index (χ4v) is 4.43. The summed E-state index contributed by atoms with van der Waals surface area (Å²) in [6.07, 6.45) is 4.93. The van der Waals surface area contributed by atoms with Crippen molar-refractivity contribution in [2.24, 2.45) is 5.92 Å². The molecule has 0 saturated carbocycles. The number of fused-ring (bicyclic) bond motifs is 1. The second-order valence-corrected chi connectivity index (χ2v) is 8.66. The van der Waals surface area contributed by atoms with Gasteiger partial charge in [-0.1, -0.05) is 12.1 Å². The molecular formula is C26H25F2N5O. The summed E-state index contributed by atoms with van der Waals surface area (Å²) < 4.78 is 28.2. The summed E-state index contributed by atoms with van der Waals surface area (Å²) >= 11 is 0. The third-order valence-corrected chi connectivity index (χ3v) is 6.40. The Bertz CT molecular complexity index is 1300. The van der Waals surface area contributed by atoms with Crippen molar-refractivity contribution in [3.05, 3.63) is 84.2 Å². The molecule has 8 heteroatoms. The minimum atomic E-state index is -0.291. The van der Waals surface area contributed by atoms with Crippen LogP contribution in [0.1, 0.15) is 31.4 Å². The standard InChI is InChI=1S/C26H25F2N5O/c1-17(18-2-6-21(27)7-3-18)30-26(34)20-10-13-32(14-11-20)25-24-16-23(31-33(24)15-12-29-25)19-4-8-22(28)9-5-19/h2-9,12,15-17,20H,10-11,13-14H2,1H3,(H,30,34). The number of carbonyl (C=O) groups excluding carboxylic acids is 1. The summed E-state index contributed by atoms with van der Waals surface area (Å²) in [5, 5.41) is 7.68. The zero-order valence-electron chi connectivity index (χ0n) is 18.8. The second-order valence-electron chi connectivity index (χ2n) is 8.66. The summed E-state index contributed by atoms with van der Waals surface area (Å²) in [6, 6.07) is 14.2. The summed E-state index contributed by atoms with van der Waals surface area (Å²) in [6.45, 7) is 3.31. The number of amides is 1. The average Bonchev–Trinajstić information content (AvgIpc) is 3.29. The summed E-state index contributed by atoms with van der Waals surface area (Å²) in [4.78, 5) is 19.6. The molecule has 1 N–H and O–H groups in total. The highest BCUT2D eigenvalue weighted by molar-refractivity contribution is 5.80. The Kier molecular flexibility index (Phi) is 5.96. The van der Waals surface area contributed by atoms with E-state index < -0.39 is 0 Å². The lowest BCUT2D eigenvalue weighted by Gasteiger charge is -2.32. The zero-order chi connectivity index (χ0) is 23.7. The number of nitrogens with zero attached hydrogens (tertiary/aromatic N) is 4. The van der Waals surface area contributed by atoms with Gasteiger partial charge < -0.3 is 10.2 Å². The average molecular weight is 462 g/mol. The molecule has 1 atom stereocenters. The van der Waals surface area contributed by atoms with Gasteiger partial charge in [0.25, 0.3) is 0 Å². The Labute approximate surface area is 196 Å². The van der Waals surface area contributed by atoms with Gasteiger partial charge >= 0.3 is 0 Å². The van der Waals surface area contributed by atoms with Crippen LogP contribution in [0, 0.1) is 17.6 Å². The van der Waals surface area contributed by atoms with Gasteiger partial charge in [-0.2, -0.15) is 5.10 Å². The molecule has 6 nitrogen and oxygen atoms in total. The van der Waals surface area contributed by atoms with Gasteiger partial charge in [0.15, 0.2) is 5.82 Å². The van der Waals surface area contributed by atoms with Crippen molar-refractivity contribution >= 4 is 17.2 Å². The molecule has 1 fully saturated rings. The summed E-state index contributed by atoms with van der Waals surface area (Å²) in [5.41, 5.74) is 3.33. The van der Waals surface area contributed by atoms with E-state index in [4.69, 9.17) is 0 Å². The quantitative estimate of drug-likeness (QED) is 0.465. The molecule has 1 aliphatic heterocycles. The number of rotatable bonds is 5. The predicted molar refractivity (Wildman–Crippen MR) is 126 cm³/mol. The molecule has 3 heterocycles. The maximum atomic E-state index is 13.3. The van der Waals surface area contributed by atoms with Crippen molar-refractivity contribution in [1.82, 2.24) is 19.9 Å². The lowest BCUT2D eigenvalue weighted by atomic mass is 9.95. The molecule has 5 rings (SSSR count). The van der Waals surface area contributed by atoms with Crippen LogP contribution in [0.3, 0.4) is 0 Å². The van der Waals surface area contributed by atoms with E-state index in [0.29, 0.717) is 25.9 Å². The first-order valence-electron chi connectivity index (χ1n) is 11.4. The van der Waals surface area contributed by atoms with Crippen molar-refractivity contribution in [3.63, 3.8) is 0 Å². The first-order chi connectivity index (χ1) is 16.5. The molecule has 0 bridgehead atoms. The number of nitrogens with one attached hydrogen (secondary N) is 1. The largest absolute Gasteiger partial charge is 0.355 e. The van der Waals surface area contributed by atoms with E-state index in [2.05, 4.69) is 20.3 Å². The molecule has 2 aromatic carbocycles. The molecule has 1 aliphatic rings. The van der Waals surface area contributed by atoms with Crippen LogP contribution in [0.5, 0.6) is 0 Å². The van der Waals surface area contributed by atoms with Gasteiger partial charge in [0, 0.05) is 37.0 Å². The van der Waals surface area contributed by atoms with Crippen molar-refractivity contribution in [2.75, 3.05) is 18.0 Å². The van der Waals surface area contributed by atoms with Crippen LogP contribution in [-0.4, -0.2) is 33.6 Å². The molecule has 0 spiro atoms. The van der Waals surface area contributed by atoms with E-state index in [1.54, 1.807) is 41.2 Å². The first kappa shape index (κ1) is 22.0. The topological polar surface area (TPSA) is 62.5 Å². The first-order valence-corrected chi connectivity index (χ1v) is 11.4. The molecule has 1 amide bonds. The van der Waals surface area contributed by atoms with Crippen LogP contribution in [-0.2, 0) is 4.79 Å². The van der Waals surface area contributed by atoms with Crippen LogP contribution >= 0.6 is 0 Å². The Morgan fingerprint density at radius 2 is 1.68 bits per heavy atom. The predicted octanol–water partition coefficient (Wildman–Crippen LogP) is 4.77. The third-order valence-electron chi connectivity index (χ3n) is 6.40. The number of aromatic nitrogens is 3. The molecule has 4 aromatic rings. The fraction of sp³-hybridized carbons (Fsp3) is 0.269. The van der Waals surface area contributed by atoms with Crippen molar-refractivity contribution in [2.45, 2.75) is 25.8 Å². The molecule has 0 radical (unpaired) electrons. The number of anilines is 1. The fourth-order valence-electron chi connectivity index (χ4n) is 4.43. The van der Waals surface area contributed by atoms with Gasteiger partial charge in [-0.3, -0.25) is 4.79 Å². The van der Waals surface area contributed by atoms with Crippen molar-refractivity contribution < 1.29 is 13.6 Å². The van der Waals surface area contributed by atoms with E-state index in [1.807, 2.05) is 13.0 Å². The lowest BCUT2D eigenvalue weighted by Crippen LogP contribution is -2.41. The number of hydrogen-bond acceptors (Lipinski definition) is 4. The monoisotopic (exact) mass is 461 g/mol. The maximum Gasteiger partial charge on any atom is 0.223 e. The molecule has 1 saturated heterocycles. The van der Waals surface area contributed by atoms with E-state index >= 15 is 0 Å². The highest BCUT2D eigenvalue weighted by atomic mass is 19.1. The van der Waals surface area contributed by atoms with Crippen LogP contribution < -0.4 is 10.2 Å². The Balaban J connectivity index is 1.26. The zero-order valence-corrected chi connectivity index (χ0v) is 18.8. The van der Waals surface area contributed by atoms with E-state index in [-0.39, 0.29) is 29.5 Å². The Hall–Kier alpha value is -3.81. The SMILES string of the molecule is CC(NC(=O)C1CCN(c2nccn3nc(-c4ccc(F)cc4)cc23)CC1)c1ccc(F)cc1. The summed E-state index contributed by atoms with van der Waals surface area (Å²) in [7, 11) is 0. The Morgan fingerprint density at radius 1 is 1.03 bits per heavy atom. The molecular weight excluding hydrogens is 436 g/mol. The highest BCUT2D eigenvalue weighted by Gasteiger charge is 2.27. The minimum Gasteiger partial charge on any atom is -0.355 e. The minimum absolute atomic E-state index is 0.0191. The summed E-state index contributed by atoms with van der Waals surface area (Å²) in [5.74, 6) is 0.182. The number of halogens is 2. The van der Waals surface area contributed by atoms with Crippen LogP contribution in [0.2, 0.25) is 0 Å². The Morgan fingerprint density at radius 3 is 2.35 bits per heavy atom. The number of benzene rings is 2. The number of carbonyl (C=O) groups is 1. The molecule has 34 heavy (non-hydrogen) atoms. The second kappa shape index (κ2) is 9.21. The van der Waals surface area contributed by atoms with Crippen LogP contribution in [0.4, 0.5) is 14.6 Å².